The SMILES string of the molecule is CCOC(Cc1ccc(OCCN(CCCc2ccc(F)cc2)C(=O)Oc2ccc(OC)cc2)cc1)C(=O)O. The summed E-state index contributed by atoms with van der Waals surface area (Å²) in [5.41, 5.74) is 1.79. The summed E-state index contributed by atoms with van der Waals surface area (Å²) in [5, 5.41) is 9.27. The predicted octanol–water partition coefficient (Wildman–Crippen LogP) is 5.38. The van der Waals surface area contributed by atoms with Crippen molar-refractivity contribution in [2.45, 2.75) is 32.3 Å². The first kappa shape index (κ1) is 29.4. The van der Waals surface area contributed by atoms with Crippen molar-refractivity contribution in [3.8, 4) is 17.2 Å². The fourth-order valence-corrected chi connectivity index (χ4v) is 3.86. The zero-order valence-corrected chi connectivity index (χ0v) is 22.2. The Hall–Kier alpha value is -4.11. The number of carbonyl (C=O) groups excluding carboxylic acids is 1. The zero-order chi connectivity index (χ0) is 28.0. The summed E-state index contributed by atoms with van der Waals surface area (Å²) in [4.78, 5) is 25.9. The van der Waals surface area contributed by atoms with Gasteiger partial charge in [-0.15, -0.1) is 0 Å². The van der Waals surface area contributed by atoms with E-state index in [1.54, 1.807) is 79.6 Å². The number of aliphatic carboxylic acids is 1. The van der Waals surface area contributed by atoms with Crippen LogP contribution in [0, 0.1) is 5.82 Å². The third-order valence-electron chi connectivity index (χ3n) is 5.95. The summed E-state index contributed by atoms with van der Waals surface area (Å²) in [7, 11) is 1.56. The normalized spacial score (nSPS) is 11.5. The lowest BCUT2D eigenvalue weighted by Gasteiger charge is -2.22. The minimum absolute atomic E-state index is 0.226. The molecule has 0 spiro atoms. The van der Waals surface area contributed by atoms with Crippen LogP contribution >= 0.6 is 0 Å². The lowest BCUT2D eigenvalue weighted by molar-refractivity contribution is -0.149. The molecule has 3 aromatic rings. The smallest absolute Gasteiger partial charge is 0.415 e. The van der Waals surface area contributed by atoms with Gasteiger partial charge in [-0.05, 0) is 79.4 Å². The van der Waals surface area contributed by atoms with Crippen molar-refractivity contribution in [3.63, 3.8) is 0 Å². The monoisotopic (exact) mass is 539 g/mol. The molecule has 0 aliphatic rings. The minimum atomic E-state index is -1.00. The first-order chi connectivity index (χ1) is 18.9. The number of methoxy groups -OCH3 is 1. The molecule has 3 rings (SSSR count). The van der Waals surface area contributed by atoms with Gasteiger partial charge in [0.2, 0.25) is 0 Å². The summed E-state index contributed by atoms with van der Waals surface area (Å²) in [6, 6.07) is 20.1. The van der Waals surface area contributed by atoms with Gasteiger partial charge < -0.3 is 29.0 Å². The molecule has 9 heteroatoms. The molecule has 0 aliphatic carbocycles. The van der Waals surface area contributed by atoms with Gasteiger partial charge >= 0.3 is 12.1 Å². The first-order valence-electron chi connectivity index (χ1n) is 12.8. The number of carbonyl (C=O) groups is 2. The Labute approximate surface area is 227 Å². The average molecular weight is 540 g/mol. The Morgan fingerprint density at radius 1 is 0.872 bits per heavy atom. The lowest BCUT2D eigenvalue weighted by Crippen LogP contribution is -2.37. The average Bonchev–Trinajstić information content (AvgIpc) is 2.94. The van der Waals surface area contributed by atoms with Gasteiger partial charge in [0, 0.05) is 19.6 Å². The molecule has 208 valence electrons. The number of benzene rings is 3. The molecule has 1 unspecified atom stereocenters. The Bertz CT molecular complexity index is 1170. The van der Waals surface area contributed by atoms with Crippen LogP contribution in [0.15, 0.2) is 72.8 Å². The molecule has 1 N–H and O–H groups in total. The van der Waals surface area contributed by atoms with E-state index in [4.69, 9.17) is 18.9 Å². The maximum absolute atomic E-state index is 13.2. The molecule has 0 bridgehead atoms. The van der Waals surface area contributed by atoms with Crippen LogP contribution in [0.25, 0.3) is 0 Å². The molecule has 1 amide bonds. The number of rotatable bonds is 15. The fraction of sp³-hybridized carbons (Fsp3) is 0.333. The third-order valence-corrected chi connectivity index (χ3v) is 5.95. The van der Waals surface area contributed by atoms with E-state index in [1.807, 2.05) is 0 Å². The first-order valence-corrected chi connectivity index (χ1v) is 12.8. The van der Waals surface area contributed by atoms with Crippen LogP contribution in [-0.4, -0.2) is 61.6 Å². The summed E-state index contributed by atoms with van der Waals surface area (Å²) in [6.45, 7) is 3.00. The van der Waals surface area contributed by atoms with E-state index < -0.39 is 18.2 Å². The molecule has 8 nitrogen and oxygen atoms in total. The molecule has 1 atom stereocenters. The van der Waals surface area contributed by atoms with Gasteiger partial charge in [0.25, 0.3) is 0 Å². The highest BCUT2D eigenvalue weighted by atomic mass is 19.1. The Morgan fingerprint density at radius 2 is 1.49 bits per heavy atom. The van der Waals surface area contributed by atoms with Gasteiger partial charge in [-0.1, -0.05) is 24.3 Å². The molecule has 0 aliphatic heterocycles. The lowest BCUT2D eigenvalue weighted by atomic mass is 10.1. The highest BCUT2D eigenvalue weighted by molar-refractivity contribution is 5.72. The number of ether oxygens (including phenoxy) is 4. The Kier molecular flexibility index (Phi) is 11.6. The van der Waals surface area contributed by atoms with Gasteiger partial charge in [-0.2, -0.15) is 0 Å². The van der Waals surface area contributed by atoms with Gasteiger partial charge in [0.1, 0.15) is 29.7 Å². The summed E-state index contributed by atoms with van der Waals surface area (Å²) >= 11 is 0. The molecule has 3 aromatic carbocycles. The van der Waals surface area contributed by atoms with Gasteiger partial charge in [0.15, 0.2) is 6.10 Å². The van der Waals surface area contributed by atoms with E-state index in [1.165, 1.54) is 12.1 Å². The van der Waals surface area contributed by atoms with Crippen LogP contribution < -0.4 is 14.2 Å². The Balaban J connectivity index is 1.56. The molecule has 0 saturated heterocycles. The van der Waals surface area contributed by atoms with Crippen LogP contribution in [0.3, 0.4) is 0 Å². The quantitative estimate of drug-likeness (QED) is 0.277. The minimum Gasteiger partial charge on any atom is -0.497 e. The van der Waals surface area contributed by atoms with Crippen LogP contribution in [0.1, 0.15) is 24.5 Å². The van der Waals surface area contributed by atoms with Crippen LogP contribution in [0.2, 0.25) is 0 Å². The van der Waals surface area contributed by atoms with Crippen LogP contribution in [0.5, 0.6) is 17.2 Å². The second kappa shape index (κ2) is 15.3. The highest BCUT2D eigenvalue weighted by Crippen LogP contribution is 2.19. The van der Waals surface area contributed by atoms with Gasteiger partial charge in [-0.25, -0.2) is 14.0 Å². The second-order valence-electron chi connectivity index (χ2n) is 8.74. The molecule has 0 fully saturated rings. The molecular formula is C30H34FNO7. The second-order valence-corrected chi connectivity index (χ2v) is 8.74. The van der Waals surface area contributed by atoms with Crippen molar-refractivity contribution in [3.05, 3.63) is 89.7 Å². The number of amides is 1. The summed E-state index contributed by atoms with van der Waals surface area (Å²) in [6.07, 6.45) is 0.176. The number of hydrogen-bond donors (Lipinski definition) is 1. The number of hydrogen-bond acceptors (Lipinski definition) is 6. The maximum Gasteiger partial charge on any atom is 0.415 e. The van der Waals surface area contributed by atoms with Crippen molar-refractivity contribution >= 4 is 12.1 Å². The molecule has 0 heterocycles. The number of aryl methyl sites for hydroxylation is 1. The summed E-state index contributed by atoms with van der Waals surface area (Å²) in [5.74, 6) is 0.356. The van der Waals surface area contributed by atoms with Crippen molar-refractivity contribution in [1.82, 2.24) is 4.90 Å². The van der Waals surface area contributed by atoms with E-state index >= 15 is 0 Å². The standard InChI is InChI=1S/C30H34FNO7/c1-3-37-28(29(33)34)21-23-8-12-26(13-9-23)38-20-19-32(18-4-5-22-6-10-24(31)11-7-22)30(35)39-27-16-14-25(36-2)15-17-27/h6-17,28H,3-5,18-21H2,1-2H3,(H,33,34). The number of nitrogens with zero attached hydrogens (tertiary/aromatic N) is 1. The van der Waals surface area contributed by atoms with E-state index in [9.17, 15) is 19.1 Å². The van der Waals surface area contributed by atoms with E-state index in [2.05, 4.69) is 0 Å². The topological polar surface area (TPSA) is 94.5 Å². The number of carboxylic acid groups (broad SMARTS) is 1. The van der Waals surface area contributed by atoms with Crippen molar-refractivity contribution < 1.29 is 38.0 Å². The predicted molar refractivity (Wildman–Crippen MR) is 144 cm³/mol. The van der Waals surface area contributed by atoms with E-state index in [-0.39, 0.29) is 25.4 Å². The van der Waals surface area contributed by atoms with Gasteiger partial charge in [0.05, 0.1) is 13.7 Å². The van der Waals surface area contributed by atoms with E-state index in [0.717, 1.165) is 11.1 Å². The fourth-order valence-electron chi connectivity index (χ4n) is 3.86. The van der Waals surface area contributed by atoms with Crippen molar-refractivity contribution in [1.29, 1.82) is 0 Å². The number of halogens is 1. The number of carboxylic acids is 1. The summed E-state index contributed by atoms with van der Waals surface area (Å²) < 4.78 is 35.0. The molecule has 0 saturated carbocycles. The van der Waals surface area contributed by atoms with Gasteiger partial charge in [-0.3, -0.25) is 0 Å². The van der Waals surface area contributed by atoms with Crippen LogP contribution in [0.4, 0.5) is 9.18 Å². The largest absolute Gasteiger partial charge is 0.497 e. The Morgan fingerprint density at radius 3 is 2.10 bits per heavy atom. The molecule has 0 aromatic heterocycles. The van der Waals surface area contributed by atoms with Crippen molar-refractivity contribution in [2.24, 2.45) is 0 Å². The molecule has 0 radical (unpaired) electrons. The zero-order valence-electron chi connectivity index (χ0n) is 22.2. The maximum atomic E-state index is 13.2. The highest BCUT2D eigenvalue weighted by Gasteiger charge is 2.18. The molecule has 39 heavy (non-hydrogen) atoms. The van der Waals surface area contributed by atoms with E-state index in [0.29, 0.717) is 43.2 Å². The van der Waals surface area contributed by atoms with Crippen molar-refractivity contribution in [2.75, 3.05) is 33.4 Å². The molecular weight excluding hydrogens is 505 g/mol. The third kappa shape index (κ3) is 9.94. The van der Waals surface area contributed by atoms with Crippen LogP contribution in [-0.2, 0) is 22.4 Å².